The van der Waals surface area contributed by atoms with E-state index in [0.717, 1.165) is 5.56 Å². The first-order chi connectivity index (χ1) is 12.0. The average molecular weight is 421 g/mol. The van der Waals surface area contributed by atoms with Gasteiger partial charge in [-0.15, -0.1) is 10.2 Å². The minimum Gasteiger partial charge on any atom is -0.446 e. The second kappa shape index (κ2) is 7.88. The molecule has 0 radical (unpaired) electrons. The van der Waals surface area contributed by atoms with E-state index in [4.69, 9.17) is 4.42 Å². The fourth-order valence-electron chi connectivity index (χ4n) is 2.18. The number of amides is 1. The van der Waals surface area contributed by atoms with Crippen LogP contribution < -0.4 is 0 Å². The number of hydrogen-bond acceptors (Lipinski definition) is 5. The maximum atomic E-state index is 11.9. The van der Waals surface area contributed by atoms with Crippen LogP contribution >= 0.6 is 27.7 Å². The zero-order chi connectivity index (χ0) is 17.8. The Bertz CT molecular complexity index is 861. The number of rotatable bonds is 6. The summed E-state index contributed by atoms with van der Waals surface area (Å²) in [5.41, 5.74) is 1.12. The Morgan fingerprint density at radius 2 is 1.96 bits per heavy atom. The molecular formula is C17H17BrN4O2S. The second-order valence-electron chi connectivity index (χ2n) is 5.56. The molecule has 0 aliphatic carbocycles. The van der Waals surface area contributed by atoms with Crippen molar-refractivity contribution in [1.82, 2.24) is 19.7 Å². The number of halogens is 1. The van der Waals surface area contributed by atoms with Crippen molar-refractivity contribution in [2.75, 3.05) is 19.8 Å². The number of nitrogens with zero attached hydrogens (tertiary/aromatic N) is 4. The highest BCUT2D eigenvalue weighted by Gasteiger charge is 2.18. The quantitative estimate of drug-likeness (QED) is 0.570. The molecule has 0 saturated carbocycles. The van der Waals surface area contributed by atoms with Crippen molar-refractivity contribution < 1.29 is 9.21 Å². The number of aromatic nitrogens is 3. The molecule has 0 N–H and O–H groups in total. The van der Waals surface area contributed by atoms with E-state index in [2.05, 4.69) is 26.1 Å². The molecule has 1 aromatic carbocycles. The molecule has 0 atom stereocenters. The van der Waals surface area contributed by atoms with E-state index < -0.39 is 0 Å². The Balaban J connectivity index is 1.92. The fraction of sp³-hybridized carbons (Fsp3) is 0.235. The first-order valence-corrected chi connectivity index (χ1v) is 9.38. The van der Waals surface area contributed by atoms with Gasteiger partial charge in [0.2, 0.25) is 11.7 Å². The monoisotopic (exact) mass is 420 g/mol. The highest BCUT2D eigenvalue weighted by molar-refractivity contribution is 9.10. The molecule has 2 heterocycles. The maximum Gasteiger partial charge on any atom is 0.232 e. The largest absolute Gasteiger partial charge is 0.446 e. The van der Waals surface area contributed by atoms with E-state index >= 15 is 0 Å². The van der Waals surface area contributed by atoms with Gasteiger partial charge in [0.15, 0.2) is 15.6 Å². The maximum absolute atomic E-state index is 11.9. The van der Waals surface area contributed by atoms with Gasteiger partial charge in [-0.2, -0.15) is 0 Å². The predicted octanol–water partition coefficient (Wildman–Crippen LogP) is 3.53. The first-order valence-electron chi connectivity index (χ1n) is 7.60. The number of carbonyl (C=O) groups excluding carboxylic acids is 1. The first kappa shape index (κ1) is 17.8. The predicted molar refractivity (Wildman–Crippen MR) is 100 cm³/mol. The van der Waals surface area contributed by atoms with E-state index in [1.165, 1.54) is 11.8 Å². The number of carbonyl (C=O) groups is 1. The van der Waals surface area contributed by atoms with Gasteiger partial charge in [-0.3, -0.25) is 9.36 Å². The van der Waals surface area contributed by atoms with E-state index in [0.29, 0.717) is 33.7 Å². The van der Waals surface area contributed by atoms with Crippen molar-refractivity contribution in [2.24, 2.45) is 0 Å². The van der Waals surface area contributed by atoms with Gasteiger partial charge in [0.25, 0.3) is 0 Å². The van der Waals surface area contributed by atoms with Crippen molar-refractivity contribution >= 4 is 33.6 Å². The molecule has 8 heteroatoms. The van der Waals surface area contributed by atoms with Crippen molar-refractivity contribution in [3.8, 4) is 11.6 Å². The van der Waals surface area contributed by atoms with Crippen LogP contribution in [0, 0.1) is 0 Å². The Kier molecular flexibility index (Phi) is 5.60. The molecule has 3 rings (SSSR count). The summed E-state index contributed by atoms with van der Waals surface area (Å²) < 4.78 is 8.23. The number of hydrogen-bond donors (Lipinski definition) is 0. The summed E-state index contributed by atoms with van der Waals surface area (Å²) in [7, 11) is 3.48. The number of furan rings is 1. The van der Waals surface area contributed by atoms with Gasteiger partial charge in [-0.05, 0) is 33.6 Å². The standard InChI is InChI=1S/C17H17BrN4O2S/c1-21(2)15(23)11-25-17-20-19-16(13-8-9-14(18)24-13)22(17)10-12-6-4-3-5-7-12/h3-9H,10-11H2,1-2H3. The molecule has 0 unspecified atom stereocenters. The van der Waals surface area contributed by atoms with Crippen LogP contribution in [0.5, 0.6) is 0 Å². The Hall–Kier alpha value is -2.06. The Morgan fingerprint density at radius 1 is 1.20 bits per heavy atom. The third kappa shape index (κ3) is 4.32. The Labute approximate surface area is 158 Å². The van der Waals surface area contributed by atoms with Crippen LogP contribution in [0.15, 0.2) is 56.7 Å². The average Bonchev–Trinajstić information content (AvgIpc) is 3.19. The molecule has 3 aromatic rings. The molecule has 0 fully saturated rings. The molecule has 0 bridgehead atoms. The summed E-state index contributed by atoms with van der Waals surface area (Å²) in [4.78, 5) is 13.5. The van der Waals surface area contributed by atoms with Crippen LogP contribution in [0.3, 0.4) is 0 Å². The van der Waals surface area contributed by atoms with Gasteiger partial charge < -0.3 is 9.32 Å². The zero-order valence-corrected chi connectivity index (χ0v) is 16.2. The fourth-order valence-corrected chi connectivity index (χ4v) is 3.40. The smallest absolute Gasteiger partial charge is 0.232 e. The molecule has 0 saturated heterocycles. The van der Waals surface area contributed by atoms with Gasteiger partial charge in [0, 0.05) is 14.1 Å². The molecule has 1 amide bonds. The highest BCUT2D eigenvalue weighted by atomic mass is 79.9. The van der Waals surface area contributed by atoms with Gasteiger partial charge in [-0.25, -0.2) is 0 Å². The van der Waals surface area contributed by atoms with Crippen LogP contribution in [0.25, 0.3) is 11.6 Å². The van der Waals surface area contributed by atoms with Crippen LogP contribution in [0.2, 0.25) is 0 Å². The minimum absolute atomic E-state index is 0.0292. The number of benzene rings is 1. The van der Waals surface area contributed by atoms with E-state index in [1.807, 2.05) is 47.0 Å². The summed E-state index contributed by atoms with van der Waals surface area (Å²) in [5.74, 6) is 1.60. The lowest BCUT2D eigenvalue weighted by Crippen LogP contribution is -2.23. The molecule has 6 nitrogen and oxygen atoms in total. The van der Waals surface area contributed by atoms with Crippen molar-refractivity contribution in [1.29, 1.82) is 0 Å². The van der Waals surface area contributed by atoms with Gasteiger partial charge in [0.05, 0.1) is 12.3 Å². The lowest BCUT2D eigenvalue weighted by molar-refractivity contribution is -0.125. The summed E-state index contributed by atoms with van der Waals surface area (Å²) in [6, 6.07) is 13.7. The van der Waals surface area contributed by atoms with Gasteiger partial charge in [0.1, 0.15) is 0 Å². The highest BCUT2D eigenvalue weighted by Crippen LogP contribution is 2.28. The number of thioether (sulfide) groups is 1. The van der Waals surface area contributed by atoms with Crippen molar-refractivity contribution in [2.45, 2.75) is 11.7 Å². The summed E-state index contributed by atoms with van der Waals surface area (Å²) in [5, 5.41) is 9.21. The summed E-state index contributed by atoms with van der Waals surface area (Å²) >= 11 is 4.68. The zero-order valence-electron chi connectivity index (χ0n) is 13.8. The van der Waals surface area contributed by atoms with Crippen LogP contribution in [0.1, 0.15) is 5.56 Å². The molecule has 0 aliphatic heterocycles. The molecular weight excluding hydrogens is 404 g/mol. The molecule has 0 aliphatic rings. The topological polar surface area (TPSA) is 64.2 Å². The van der Waals surface area contributed by atoms with E-state index in [1.54, 1.807) is 19.0 Å². The molecule has 0 spiro atoms. The van der Waals surface area contributed by atoms with Crippen LogP contribution in [0.4, 0.5) is 0 Å². The lowest BCUT2D eigenvalue weighted by atomic mass is 10.2. The normalized spacial score (nSPS) is 10.8. The third-order valence-electron chi connectivity index (χ3n) is 3.52. The summed E-state index contributed by atoms with van der Waals surface area (Å²) in [6.07, 6.45) is 0. The molecule has 25 heavy (non-hydrogen) atoms. The molecule has 130 valence electrons. The lowest BCUT2D eigenvalue weighted by Gasteiger charge is -2.11. The van der Waals surface area contributed by atoms with E-state index in [-0.39, 0.29) is 5.91 Å². The second-order valence-corrected chi connectivity index (χ2v) is 7.28. The minimum atomic E-state index is 0.0292. The molecule has 2 aromatic heterocycles. The van der Waals surface area contributed by atoms with E-state index in [9.17, 15) is 4.79 Å². The Morgan fingerprint density at radius 3 is 2.60 bits per heavy atom. The van der Waals surface area contributed by atoms with Crippen LogP contribution in [-0.4, -0.2) is 45.4 Å². The van der Waals surface area contributed by atoms with Crippen LogP contribution in [-0.2, 0) is 11.3 Å². The SMILES string of the molecule is CN(C)C(=O)CSc1nnc(-c2ccc(Br)o2)n1Cc1ccccc1. The van der Waals surface area contributed by atoms with Gasteiger partial charge in [-0.1, -0.05) is 42.1 Å². The summed E-state index contributed by atoms with van der Waals surface area (Å²) in [6.45, 7) is 0.597. The van der Waals surface area contributed by atoms with Crippen molar-refractivity contribution in [3.63, 3.8) is 0 Å². The van der Waals surface area contributed by atoms with Gasteiger partial charge >= 0.3 is 0 Å². The third-order valence-corrected chi connectivity index (χ3v) is 4.90. The van der Waals surface area contributed by atoms with Crippen molar-refractivity contribution in [3.05, 3.63) is 52.7 Å².